The summed E-state index contributed by atoms with van der Waals surface area (Å²) in [7, 11) is 0. The van der Waals surface area contributed by atoms with Gasteiger partial charge in [-0.05, 0) is 56.8 Å². The predicted molar refractivity (Wildman–Crippen MR) is 170 cm³/mol. The summed E-state index contributed by atoms with van der Waals surface area (Å²) >= 11 is 0. The second-order valence-corrected chi connectivity index (χ2v) is 13.0. The molecule has 0 aliphatic carbocycles. The lowest BCUT2D eigenvalue weighted by Crippen LogP contribution is -2.53. The summed E-state index contributed by atoms with van der Waals surface area (Å²) in [6, 6.07) is 8.83. The van der Waals surface area contributed by atoms with E-state index in [-0.39, 0.29) is 41.7 Å². The van der Waals surface area contributed by atoms with Crippen LogP contribution in [0.15, 0.2) is 47.7 Å². The van der Waals surface area contributed by atoms with E-state index in [0.29, 0.717) is 59.2 Å². The van der Waals surface area contributed by atoms with Gasteiger partial charge in [0.1, 0.15) is 35.6 Å². The molecule has 0 radical (unpaired) electrons. The molecule has 4 aliphatic rings. The first-order valence-corrected chi connectivity index (χ1v) is 15.5. The number of phenols is 1. The molecule has 2 aromatic carbocycles. The fraction of sp³-hybridized carbons (Fsp3) is 0.400. The summed E-state index contributed by atoms with van der Waals surface area (Å²) in [5.41, 5.74) is 3.24. The number of aromatic hydroxyl groups is 1. The lowest BCUT2D eigenvalue weighted by Gasteiger charge is -2.35. The molecule has 45 heavy (non-hydrogen) atoms. The van der Waals surface area contributed by atoms with Gasteiger partial charge in [-0.3, -0.25) is 9.88 Å². The minimum absolute atomic E-state index is 0.0204. The van der Waals surface area contributed by atoms with Crippen molar-refractivity contribution >= 4 is 27.5 Å². The van der Waals surface area contributed by atoms with Gasteiger partial charge >= 0.3 is 6.01 Å². The summed E-state index contributed by atoms with van der Waals surface area (Å²) in [6.45, 7) is 7.07. The van der Waals surface area contributed by atoms with Crippen LogP contribution in [0.2, 0.25) is 0 Å². The van der Waals surface area contributed by atoms with E-state index in [4.69, 9.17) is 16.1 Å². The molecule has 2 N–H and O–H groups in total. The monoisotopic (exact) mass is 608 g/mol. The number of pyridine rings is 1. The lowest BCUT2D eigenvalue weighted by molar-refractivity contribution is 0.107. The van der Waals surface area contributed by atoms with Gasteiger partial charge in [0.05, 0.1) is 10.9 Å². The highest BCUT2D eigenvalue weighted by Crippen LogP contribution is 2.42. The zero-order valence-electron chi connectivity index (χ0n) is 25.3. The second kappa shape index (κ2) is 10.4. The van der Waals surface area contributed by atoms with Crippen LogP contribution in [0.25, 0.3) is 32.9 Å². The number of anilines is 1. The maximum absolute atomic E-state index is 16.8. The molecule has 0 spiro atoms. The summed E-state index contributed by atoms with van der Waals surface area (Å²) in [5, 5.41) is 16.0. The van der Waals surface area contributed by atoms with Gasteiger partial charge in [-0.2, -0.15) is 9.97 Å². The number of nitrogens with one attached hydrogen (secondary N) is 1. The van der Waals surface area contributed by atoms with Crippen molar-refractivity contribution in [2.24, 2.45) is 0 Å². The number of phenolic OH excluding ortho intramolecular Hbond substituents is 1. The number of piperazine rings is 1. The molecular formula is C35H34F2N6O2. The normalized spacial score (nSPS) is 26.2. The van der Waals surface area contributed by atoms with Gasteiger partial charge in [-0.25, -0.2) is 8.78 Å². The van der Waals surface area contributed by atoms with Crippen LogP contribution in [0.4, 0.5) is 14.6 Å². The lowest BCUT2D eigenvalue weighted by atomic mass is 9.95. The van der Waals surface area contributed by atoms with Crippen LogP contribution in [0.1, 0.15) is 38.7 Å². The molecular weight excluding hydrogens is 574 g/mol. The standard InChI is InChI=1S/C35H34F2N6O2/c1-4-21-7-5-8-22-11-24(44)12-25(29(21)22)31-30(37)32-26(14-38-31)33(42-16-27-19(2)20(3)28(17-42)39-27)41-34(40-32)45-18-35-9-6-10-43(35)15-23(36)13-35/h1,5,7-8,11-12,14,23,27-28,39,44H,6,9-10,13,15-18H2,2-3H3/t23-,27?,28?,35+/m1/s1. The fourth-order valence-electron chi connectivity index (χ4n) is 7.99. The number of rotatable bonds is 5. The highest BCUT2D eigenvalue weighted by atomic mass is 19.1. The van der Waals surface area contributed by atoms with Crippen LogP contribution in [-0.2, 0) is 0 Å². The van der Waals surface area contributed by atoms with Crippen LogP contribution in [0.5, 0.6) is 11.8 Å². The Morgan fingerprint density at radius 3 is 2.73 bits per heavy atom. The Labute approximate surface area is 260 Å². The van der Waals surface area contributed by atoms with Gasteiger partial charge in [0.15, 0.2) is 5.82 Å². The molecule has 8 rings (SSSR count). The van der Waals surface area contributed by atoms with Crippen molar-refractivity contribution in [3.05, 3.63) is 59.1 Å². The first kappa shape index (κ1) is 28.2. The molecule has 4 aromatic rings. The number of benzene rings is 2. The maximum atomic E-state index is 16.8. The van der Waals surface area contributed by atoms with E-state index in [0.717, 1.165) is 19.4 Å². The van der Waals surface area contributed by atoms with Crippen LogP contribution >= 0.6 is 0 Å². The molecule has 10 heteroatoms. The zero-order valence-corrected chi connectivity index (χ0v) is 25.3. The number of aromatic nitrogens is 3. The highest BCUT2D eigenvalue weighted by Gasteiger charge is 2.49. The van der Waals surface area contributed by atoms with Crippen LogP contribution < -0.4 is 15.0 Å². The van der Waals surface area contributed by atoms with Crippen molar-refractivity contribution in [1.29, 1.82) is 0 Å². The molecule has 0 amide bonds. The third-order valence-corrected chi connectivity index (χ3v) is 10.4. The topological polar surface area (TPSA) is 86.6 Å². The average Bonchev–Trinajstić information content (AvgIpc) is 3.63. The van der Waals surface area contributed by atoms with Gasteiger partial charge < -0.3 is 20.1 Å². The Kier molecular flexibility index (Phi) is 6.48. The second-order valence-electron chi connectivity index (χ2n) is 13.0. The minimum Gasteiger partial charge on any atom is -0.508 e. The van der Waals surface area contributed by atoms with E-state index in [2.05, 4.69) is 44.9 Å². The first-order valence-electron chi connectivity index (χ1n) is 15.5. The fourth-order valence-corrected chi connectivity index (χ4v) is 7.99. The maximum Gasteiger partial charge on any atom is 0.319 e. The Hall–Kier alpha value is -4.33. The molecule has 2 aromatic heterocycles. The summed E-state index contributed by atoms with van der Waals surface area (Å²) < 4.78 is 37.6. The van der Waals surface area contributed by atoms with Crippen molar-refractivity contribution in [2.45, 2.75) is 56.9 Å². The quantitative estimate of drug-likeness (QED) is 0.239. The Morgan fingerprint density at radius 2 is 1.96 bits per heavy atom. The van der Waals surface area contributed by atoms with Crippen molar-refractivity contribution in [3.8, 4) is 35.4 Å². The Balaban J connectivity index is 1.27. The highest BCUT2D eigenvalue weighted by molar-refractivity contribution is 6.02. The SMILES string of the molecule is C#Cc1cccc2cc(O)cc(-c3ncc4c(N5CC6NC(C5)C(C)=C6C)nc(OC[C@@]56CCCN5C[C@H](F)C6)nc4c3F)c12. The molecule has 2 unspecified atom stereocenters. The summed E-state index contributed by atoms with van der Waals surface area (Å²) in [6.07, 6.45) is 8.75. The minimum atomic E-state index is -0.895. The zero-order chi connectivity index (χ0) is 31.0. The smallest absolute Gasteiger partial charge is 0.319 e. The van der Waals surface area contributed by atoms with E-state index in [1.54, 1.807) is 24.4 Å². The first-order chi connectivity index (χ1) is 21.7. The number of fused-ring (bicyclic) bond motifs is 5. The van der Waals surface area contributed by atoms with Gasteiger partial charge in [-0.15, -0.1) is 6.42 Å². The number of halogens is 2. The molecule has 3 fully saturated rings. The third-order valence-electron chi connectivity index (χ3n) is 10.4. The number of terminal acetylenes is 1. The van der Waals surface area contributed by atoms with Crippen LogP contribution in [0, 0.1) is 18.2 Å². The third kappa shape index (κ3) is 4.43. The molecule has 8 nitrogen and oxygen atoms in total. The predicted octanol–water partition coefficient (Wildman–Crippen LogP) is 5.12. The Bertz CT molecular complexity index is 1940. The van der Waals surface area contributed by atoms with E-state index in [1.165, 1.54) is 17.2 Å². The number of ether oxygens (including phenoxy) is 1. The summed E-state index contributed by atoms with van der Waals surface area (Å²) in [5.74, 6) is 2.54. The summed E-state index contributed by atoms with van der Waals surface area (Å²) in [4.78, 5) is 18.4. The largest absolute Gasteiger partial charge is 0.508 e. The van der Waals surface area contributed by atoms with Crippen molar-refractivity contribution < 1.29 is 18.6 Å². The molecule has 2 bridgehead atoms. The molecule has 4 aliphatic heterocycles. The van der Waals surface area contributed by atoms with Crippen molar-refractivity contribution in [1.82, 2.24) is 25.2 Å². The van der Waals surface area contributed by atoms with E-state index in [9.17, 15) is 9.50 Å². The van der Waals surface area contributed by atoms with Gasteiger partial charge in [-0.1, -0.05) is 29.2 Å². The number of alkyl halides is 1. The van der Waals surface area contributed by atoms with Crippen molar-refractivity contribution in [3.63, 3.8) is 0 Å². The molecule has 230 valence electrons. The van der Waals surface area contributed by atoms with E-state index < -0.39 is 17.5 Å². The molecule has 4 atom stereocenters. The van der Waals surface area contributed by atoms with Crippen molar-refractivity contribution in [2.75, 3.05) is 37.7 Å². The van der Waals surface area contributed by atoms with Gasteiger partial charge in [0.2, 0.25) is 0 Å². The number of hydrogen-bond acceptors (Lipinski definition) is 8. The van der Waals surface area contributed by atoms with Gasteiger partial charge in [0.25, 0.3) is 0 Å². The van der Waals surface area contributed by atoms with Crippen LogP contribution in [-0.4, -0.2) is 81.5 Å². The van der Waals surface area contributed by atoms with Gasteiger partial charge in [0, 0.05) is 60.8 Å². The molecule has 6 heterocycles. The average molecular weight is 609 g/mol. The van der Waals surface area contributed by atoms with E-state index in [1.807, 2.05) is 6.07 Å². The van der Waals surface area contributed by atoms with E-state index >= 15 is 4.39 Å². The molecule has 3 saturated heterocycles. The molecule has 0 saturated carbocycles. The number of hydrogen-bond donors (Lipinski definition) is 2. The number of nitrogens with zero attached hydrogens (tertiary/aromatic N) is 5. The Morgan fingerprint density at radius 1 is 1.16 bits per heavy atom. The van der Waals surface area contributed by atoms with Crippen LogP contribution in [0.3, 0.4) is 0 Å².